The smallest absolute Gasteiger partial charge is 0.292 e. The van der Waals surface area contributed by atoms with Crippen molar-refractivity contribution >= 4 is 22.3 Å². The normalized spacial score (nSPS) is 12.1. The van der Waals surface area contributed by atoms with Gasteiger partial charge in [0.2, 0.25) is 0 Å². The van der Waals surface area contributed by atoms with E-state index in [0.29, 0.717) is 22.5 Å². The number of aromatic hydroxyl groups is 1. The second-order valence-corrected chi connectivity index (χ2v) is 6.90. The minimum absolute atomic E-state index is 0.00913. The molecule has 1 unspecified atom stereocenters. The number of hydrogen-bond acceptors (Lipinski definition) is 6. The Bertz CT molecular complexity index is 1200. The topological polar surface area (TPSA) is 101 Å². The number of nitrogens with one attached hydrogen (secondary N) is 1. The molecule has 7 nitrogen and oxygen atoms in total. The molecule has 2 aromatic heterocycles. The predicted octanol–water partition coefficient (Wildman–Crippen LogP) is 5.26. The maximum absolute atomic E-state index is 11.5. The Morgan fingerprint density at radius 2 is 1.93 bits per heavy atom. The fraction of sp³-hybridized carbons (Fsp3) is 0.136. The van der Waals surface area contributed by atoms with Crippen LogP contribution in [0.25, 0.3) is 10.9 Å². The Morgan fingerprint density at radius 1 is 1.14 bits per heavy atom. The number of anilines is 1. The summed E-state index contributed by atoms with van der Waals surface area (Å²) < 4.78 is 5.57. The molecule has 0 bridgehead atoms. The quantitative estimate of drug-likeness (QED) is 0.357. The number of nitrogens with zero attached hydrogens (tertiary/aromatic N) is 2. The van der Waals surface area contributed by atoms with Crippen LogP contribution in [0.5, 0.6) is 5.75 Å². The highest BCUT2D eigenvalue weighted by atomic mass is 16.6. The van der Waals surface area contributed by atoms with Crippen LogP contribution in [-0.4, -0.2) is 15.0 Å². The van der Waals surface area contributed by atoms with E-state index in [9.17, 15) is 15.2 Å². The Kier molecular flexibility index (Phi) is 4.64. The van der Waals surface area contributed by atoms with Crippen LogP contribution >= 0.6 is 0 Å². The molecular formula is C22H19N3O4. The zero-order chi connectivity index (χ0) is 20.5. The molecule has 0 aliphatic rings. The van der Waals surface area contributed by atoms with E-state index in [1.807, 2.05) is 25.1 Å². The van der Waals surface area contributed by atoms with Crippen LogP contribution in [0.15, 0.2) is 65.3 Å². The highest BCUT2D eigenvalue weighted by Crippen LogP contribution is 2.38. The summed E-state index contributed by atoms with van der Waals surface area (Å²) in [6, 6.07) is 15.2. The Hall–Kier alpha value is -3.87. The van der Waals surface area contributed by atoms with Crippen molar-refractivity contribution < 1.29 is 14.4 Å². The van der Waals surface area contributed by atoms with Crippen LogP contribution in [0, 0.1) is 24.0 Å². The number of hydrogen-bond donors (Lipinski definition) is 2. The van der Waals surface area contributed by atoms with Crippen molar-refractivity contribution in [2.45, 2.75) is 19.9 Å². The van der Waals surface area contributed by atoms with Crippen LogP contribution in [0.1, 0.15) is 28.6 Å². The second kappa shape index (κ2) is 7.27. The highest BCUT2D eigenvalue weighted by molar-refractivity contribution is 5.86. The first-order valence-corrected chi connectivity index (χ1v) is 9.08. The molecule has 2 heterocycles. The van der Waals surface area contributed by atoms with Gasteiger partial charge in [0.05, 0.1) is 11.2 Å². The van der Waals surface area contributed by atoms with Crippen LogP contribution in [0.4, 0.5) is 11.4 Å². The fourth-order valence-corrected chi connectivity index (χ4v) is 3.35. The van der Waals surface area contributed by atoms with Gasteiger partial charge in [-0.25, -0.2) is 4.98 Å². The number of benzene rings is 2. The van der Waals surface area contributed by atoms with E-state index in [2.05, 4.69) is 10.3 Å². The first-order chi connectivity index (χ1) is 13.9. The number of nitro groups is 1. The van der Waals surface area contributed by atoms with Crippen LogP contribution < -0.4 is 5.32 Å². The molecule has 0 saturated heterocycles. The van der Waals surface area contributed by atoms with Crippen molar-refractivity contribution in [2.75, 3.05) is 5.32 Å². The highest BCUT2D eigenvalue weighted by Gasteiger charge is 2.25. The first kappa shape index (κ1) is 18.5. The summed E-state index contributed by atoms with van der Waals surface area (Å²) in [5.41, 5.74) is 2.83. The molecule has 0 radical (unpaired) electrons. The summed E-state index contributed by atoms with van der Waals surface area (Å²) >= 11 is 0. The van der Waals surface area contributed by atoms with Crippen molar-refractivity contribution in [3.05, 3.63) is 93.6 Å². The van der Waals surface area contributed by atoms with Gasteiger partial charge in [-0.3, -0.25) is 10.1 Å². The number of furan rings is 1. The van der Waals surface area contributed by atoms with Gasteiger partial charge in [-0.1, -0.05) is 24.3 Å². The molecule has 29 heavy (non-hydrogen) atoms. The molecule has 7 heteroatoms. The molecule has 0 saturated carbocycles. The standard InChI is InChI=1S/C22H19N3O4/c1-13-5-10-17(18(12-13)25(27)28)24-21(19-4-3-11-29-19)16-9-8-15-7-6-14(2)23-20(15)22(16)26/h3-12,21,24,26H,1-2H3. The number of nitro benzene ring substituents is 1. The van der Waals surface area contributed by atoms with E-state index in [4.69, 9.17) is 4.42 Å². The van der Waals surface area contributed by atoms with E-state index in [-0.39, 0.29) is 11.4 Å². The van der Waals surface area contributed by atoms with Crippen molar-refractivity contribution in [2.24, 2.45) is 0 Å². The van der Waals surface area contributed by atoms with E-state index in [1.165, 1.54) is 12.3 Å². The molecule has 2 aromatic carbocycles. The van der Waals surface area contributed by atoms with Gasteiger partial charge >= 0.3 is 0 Å². The Labute approximate surface area is 166 Å². The summed E-state index contributed by atoms with van der Waals surface area (Å²) in [6.45, 7) is 3.65. The zero-order valence-corrected chi connectivity index (χ0v) is 15.9. The molecule has 0 amide bonds. The van der Waals surface area contributed by atoms with Gasteiger partial charge in [-0.05, 0) is 43.7 Å². The molecule has 0 aliphatic carbocycles. The van der Waals surface area contributed by atoms with Crippen LogP contribution in [0.3, 0.4) is 0 Å². The number of fused-ring (bicyclic) bond motifs is 1. The molecular weight excluding hydrogens is 370 g/mol. The average molecular weight is 389 g/mol. The number of phenols is 1. The SMILES string of the molecule is Cc1ccc(NC(c2ccco2)c2ccc3ccc(C)nc3c2O)c([N+](=O)[O-])c1. The van der Waals surface area contributed by atoms with Crippen LogP contribution in [-0.2, 0) is 0 Å². The molecule has 4 aromatic rings. The molecule has 0 aliphatic heterocycles. The first-order valence-electron chi connectivity index (χ1n) is 9.08. The number of phenolic OH excluding ortho intramolecular Hbond substituents is 1. The monoisotopic (exact) mass is 389 g/mol. The van der Waals surface area contributed by atoms with Crippen LogP contribution in [0.2, 0.25) is 0 Å². The lowest BCUT2D eigenvalue weighted by Crippen LogP contribution is -2.13. The molecule has 2 N–H and O–H groups in total. The second-order valence-electron chi connectivity index (χ2n) is 6.90. The summed E-state index contributed by atoms with van der Waals surface area (Å²) in [5.74, 6) is 0.525. The molecule has 1 atom stereocenters. The third-order valence-electron chi connectivity index (χ3n) is 4.79. The summed E-state index contributed by atoms with van der Waals surface area (Å²) in [7, 11) is 0. The Balaban J connectivity index is 1.86. The molecule has 4 rings (SSSR count). The lowest BCUT2D eigenvalue weighted by Gasteiger charge is -2.20. The minimum atomic E-state index is -0.641. The van der Waals surface area contributed by atoms with Crippen molar-refractivity contribution in [3.8, 4) is 5.75 Å². The van der Waals surface area contributed by atoms with Gasteiger partial charge in [0.25, 0.3) is 5.69 Å². The number of aryl methyl sites for hydroxylation is 2. The van der Waals surface area contributed by atoms with E-state index < -0.39 is 11.0 Å². The van der Waals surface area contributed by atoms with Gasteiger partial charge in [-0.15, -0.1) is 0 Å². The molecule has 0 fully saturated rings. The third kappa shape index (κ3) is 3.50. The largest absolute Gasteiger partial charge is 0.505 e. The zero-order valence-electron chi connectivity index (χ0n) is 15.9. The van der Waals surface area contributed by atoms with Crippen molar-refractivity contribution in [3.63, 3.8) is 0 Å². The Morgan fingerprint density at radius 3 is 2.66 bits per heavy atom. The van der Waals surface area contributed by atoms with E-state index in [0.717, 1.165) is 16.6 Å². The van der Waals surface area contributed by atoms with Crippen molar-refractivity contribution in [1.82, 2.24) is 4.98 Å². The predicted molar refractivity (Wildman–Crippen MR) is 110 cm³/mol. The van der Waals surface area contributed by atoms with E-state index in [1.54, 1.807) is 37.3 Å². The summed E-state index contributed by atoms with van der Waals surface area (Å²) in [4.78, 5) is 15.6. The molecule has 0 spiro atoms. The lowest BCUT2D eigenvalue weighted by atomic mass is 10.00. The molecule has 146 valence electrons. The van der Waals surface area contributed by atoms with Gasteiger partial charge in [0, 0.05) is 22.7 Å². The van der Waals surface area contributed by atoms with Crippen molar-refractivity contribution in [1.29, 1.82) is 0 Å². The van der Waals surface area contributed by atoms with Gasteiger partial charge in [0.15, 0.2) is 0 Å². The van der Waals surface area contributed by atoms with Gasteiger partial charge < -0.3 is 14.8 Å². The average Bonchev–Trinajstić information content (AvgIpc) is 3.22. The minimum Gasteiger partial charge on any atom is -0.505 e. The number of aromatic nitrogens is 1. The van der Waals surface area contributed by atoms with E-state index >= 15 is 0 Å². The summed E-state index contributed by atoms with van der Waals surface area (Å²) in [6.07, 6.45) is 1.52. The maximum atomic E-state index is 11.5. The number of rotatable bonds is 5. The fourth-order valence-electron chi connectivity index (χ4n) is 3.35. The van der Waals surface area contributed by atoms with Gasteiger partial charge in [-0.2, -0.15) is 0 Å². The summed E-state index contributed by atoms with van der Waals surface area (Å²) in [5, 5.41) is 26.5. The third-order valence-corrected chi connectivity index (χ3v) is 4.79. The lowest BCUT2D eigenvalue weighted by molar-refractivity contribution is -0.384. The maximum Gasteiger partial charge on any atom is 0.292 e. The van der Waals surface area contributed by atoms with Gasteiger partial charge in [0.1, 0.15) is 28.8 Å². The number of pyridine rings is 1.